The minimum absolute atomic E-state index is 0.0122. The Morgan fingerprint density at radius 1 is 0.774 bits per heavy atom. The fraction of sp³-hybridized carbons (Fsp3) is 0.737. The second-order valence-electron chi connectivity index (χ2n) is 8.24. The van der Waals surface area contributed by atoms with Crippen molar-refractivity contribution in [1.82, 2.24) is 16.0 Å². The van der Waals surface area contributed by atoms with E-state index in [-0.39, 0.29) is 24.7 Å². The predicted octanol–water partition coefficient (Wildman–Crippen LogP) is -2.19. The van der Waals surface area contributed by atoms with E-state index in [2.05, 4.69) is 16.0 Å². The van der Waals surface area contributed by atoms with Crippen LogP contribution in [0, 0.1) is 11.8 Å². The topological polar surface area (TPSA) is 214 Å². The second-order valence-corrected chi connectivity index (χ2v) is 8.24. The van der Waals surface area contributed by atoms with Crippen LogP contribution in [0.3, 0.4) is 0 Å². The van der Waals surface area contributed by atoms with Crippen molar-refractivity contribution in [3.63, 3.8) is 0 Å². The predicted molar refractivity (Wildman–Crippen MR) is 111 cm³/mol. The first-order chi connectivity index (χ1) is 14.3. The van der Waals surface area contributed by atoms with Gasteiger partial charge in [-0.2, -0.15) is 0 Å². The third-order valence-corrected chi connectivity index (χ3v) is 4.24. The van der Waals surface area contributed by atoms with Crippen molar-refractivity contribution < 1.29 is 34.2 Å². The summed E-state index contributed by atoms with van der Waals surface area (Å²) in [5.74, 6) is -4.45. The third kappa shape index (κ3) is 11.3. The molecule has 0 rings (SSSR count). The summed E-state index contributed by atoms with van der Waals surface area (Å²) in [7, 11) is 0. The molecule has 0 aromatic heterocycles. The monoisotopic (exact) mass is 445 g/mol. The molecule has 178 valence electrons. The van der Waals surface area contributed by atoms with Gasteiger partial charge in [-0.1, -0.05) is 27.7 Å². The van der Waals surface area contributed by atoms with E-state index >= 15 is 0 Å². The molecular formula is C19H35N5O7. The van der Waals surface area contributed by atoms with Crippen molar-refractivity contribution in [1.29, 1.82) is 0 Å². The van der Waals surface area contributed by atoms with E-state index in [9.17, 15) is 34.2 Å². The Kier molecular flexibility index (Phi) is 12.4. The highest BCUT2D eigenvalue weighted by molar-refractivity contribution is 5.95. The average Bonchev–Trinajstić information content (AvgIpc) is 2.62. The molecule has 0 saturated carbocycles. The number of primary amides is 1. The Balaban J connectivity index is 5.27. The summed E-state index contributed by atoms with van der Waals surface area (Å²) < 4.78 is 0. The van der Waals surface area contributed by atoms with Gasteiger partial charge in [0, 0.05) is 0 Å². The fourth-order valence-corrected chi connectivity index (χ4v) is 2.72. The number of hydrogen-bond acceptors (Lipinski definition) is 7. The largest absolute Gasteiger partial charge is 0.480 e. The van der Waals surface area contributed by atoms with Gasteiger partial charge >= 0.3 is 5.97 Å². The minimum Gasteiger partial charge on any atom is -0.480 e. The van der Waals surface area contributed by atoms with E-state index in [0.29, 0.717) is 0 Å². The van der Waals surface area contributed by atoms with Crippen molar-refractivity contribution in [2.24, 2.45) is 23.3 Å². The highest BCUT2D eigenvalue weighted by atomic mass is 16.4. The van der Waals surface area contributed by atoms with Crippen molar-refractivity contribution in [2.75, 3.05) is 6.61 Å². The van der Waals surface area contributed by atoms with E-state index in [0.717, 1.165) is 0 Å². The minimum atomic E-state index is -1.43. The second kappa shape index (κ2) is 13.5. The lowest BCUT2D eigenvalue weighted by Gasteiger charge is -2.25. The van der Waals surface area contributed by atoms with Gasteiger partial charge in [-0.05, 0) is 24.7 Å². The molecule has 9 N–H and O–H groups in total. The summed E-state index contributed by atoms with van der Waals surface area (Å²) in [6.45, 7) is 6.45. The maximum absolute atomic E-state index is 12.7. The summed E-state index contributed by atoms with van der Waals surface area (Å²) in [6, 6.07) is -4.95. The molecule has 0 bridgehead atoms. The molecule has 0 aliphatic heterocycles. The number of carbonyl (C=O) groups excluding carboxylic acids is 4. The maximum atomic E-state index is 12.7. The number of amides is 4. The van der Waals surface area contributed by atoms with Crippen molar-refractivity contribution in [2.45, 2.75) is 71.1 Å². The first-order valence-electron chi connectivity index (χ1n) is 10.1. The quantitative estimate of drug-likeness (QED) is 0.155. The van der Waals surface area contributed by atoms with Crippen LogP contribution in [0.1, 0.15) is 47.0 Å². The molecule has 0 saturated heterocycles. The fourth-order valence-electron chi connectivity index (χ4n) is 2.72. The standard InChI is InChI=1S/C19H35N5O7/c1-9(2)5-12(17(28)23-13(19(30)31)6-10(3)4)22-18(29)14(8-25)24-16(27)11(20)7-15(21)26/h9-14,25H,5-8,20H2,1-4H3,(H2,21,26)(H,22,29)(H,23,28)(H,24,27)(H,30,31). The number of rotatable bonds is 14. The molecule has 0 aliphatic carbocycles. The molecule has 12 heteroatoms. The first-order valence-corrected chi connectivity index (χ1v) is 10.1. The molecule has 0 aromatic carbocycles. The average molecular weight is 446 g/mol. The molecule has 0 heterocycles. The number of carboxylic acids is 1. The maximum Gasteiger partial charge on any atom is 0.326 e. The van der Waals surface area contributed by atoms with Gasteiger partial charge in [0.2, 0.25) is 23.6 Å². The van der Waals surface area contributed by atoms with Gasteiger partial charge in [0.05, 0.1) is 19.1 Å². The molecular weight excluding hydrogens is 410 g/mol. The van der Waals surface area contributed by atoms with Crippen LogP contribution < -0.4 is 27.4 Å². The molecule has 4 amide bonds. The Bertz CT molecular complexity index is 654. The molecule has 0 aromatic rings. The smallest absolute Gasteiger partial charge is 0.326 e. The summed E-state index contributed by atoms with van der Waals surface area (Å²) in [5, 5.41) is 25.8. The van der Waals surface area contributed by atoms with Crippen LogP contribution in [0.25, 0.3) is 0 Å². The Morgan fingerprint density at radius 3 is 1.61 bits per heavy atom. The van der Waals surface area contributed by atoms with Gasteiger partial charge in [-0.15, -0.1) is 0 Å². The van der Waals surface area contributed by atoms with Gasteiger partial charge < -0.3 is 37.6 Å². The summed E-state index contributed by atoms with van der Waals surface area (Å²) >= 11 is 0. The highest BCUT2D eigenvalue weighted by Crippen LogP contribution is 2.09. The Labute approximate surface area is 181 Å². The number of nitrogens with one attached hydrogen (secondary N) is 3. The Hall–Kier alpha value is -2.73. The van der Waals surface area contributed by atoms with Gasteiger partial charge in [0.25, 0.3) is 0 Å². The lowest BCUT2D eigenvalue weighted by molar-refractivity contribution is -0.143. The molecule has 0 spiro atoms. The SMILES string of the molecule is CC(C)CC(NC(=O)C(CC(C)C)NC(=O)C(CO)NC(=O)C(N)CC(N)=O)C(=O)O. The molecule has 12 nitrogen and oxygen atoms in total. The number of aliphatic carboxylic acids is 1. The normalized spacial score (nSPS) is 15.0. The van der Waals surface area contributed by atoms with E-state index in [1.54, 1.807) is 0 Å². The zero-order chi connectivity index (χ0) is 24.3. The number of hydrogen-bond donors (Lipinski definition) is 7. The van der Waals surface area contributed by atoms with Crippen LogP contribution in [-0.2, 0) is 24.0 Å². The number of aliphatic hydroxyl groups is 1. The van der Waals surface area contributed by atoms with Gasteiger partial charge in [-0.25, -0.2) is 4.79 Å². The van der Waals surface area contributed by atoms with E-state index in [4.69, 9.17) is 11.5 Å². The van der Waals surface area contributed by atoms with Crippen LogP contribution >= 0.6 is 0 Å². The Morgan fingerprint density at radius 2 is 1.19 bits per heavy atom. The van der Waals surface area contributed by atoms with E-state index in [1.165, 1.54) is 0 Å². The zero-order valence-corrected chi connectivity index (χ0v) is 18.4. The number of carboxylic acid groups (broad SMARTS) is 1. The number of aliphatic hydroxyl groups excluding tert-OH is 1. The van der Waals surface area contributed by atoms with Gasteiger partial charge in [0.1, 0.15) is 18.1 Å². The number of nitrogens with two attached hydrogens (primary N) is 2. The summed E-state index contributed by atoms with van der Waals surface area (Å²) in [5.41, 5.74) is 10.5. The van der Waals surface area contributed by atoms with Crippen LogP contribution in [0.4, 0.5) is 0 Å². The van der Waals surface area contributed by atoms with Gasteiger partial charge in [0.15, 0.2) is 0 Å². The molecule has 31 heavy (non-hydrogen) atoms. The zero-order valence-electron chi connectivity index (χ0n) is 18.4. The molecule has 0 aliphatic rings. The van der Waals surface area contributed by atoms with Gasteiger partial charge in [-0.3, -0.25) is 19.2 Å². The molecule has 0 radical (unpaired) electrons. The molecule has 4 atom stereocenters. The lowest BCUT2D eigenvalue weighted by atomic mass is 10.0. The molecule has 0 fully saturated rings. The van der Waals surface area contributed by atoms with Crippen LogP contribution in [0.5, 0.6) is 0 Å². The van der Waals surface area contributed by atoms with Crippen molar-refractivity contribution >= 4 is 29.6 Å². The van der Waals surface area contributed by atoms with E-state index < -0.39 is 66.8 Å². The number of carbonyl (C=O) groups is 5. The van der Waals surface area contributed by atoms with Crippen LogP contribution in [0.2, 0.25) is 0 Å². The summed E-state index contributed by atoms with van der Waals surface area (Å²) in [6.07, 6.45) is -0.0498. The molecule has 4 unspecified atom stereocenters. The third-order valence-electron chi connectivity index (χ3n) is 4.24. The first kappa shape index (κ1) is 28.3. The lowest BCUT2D eigenvalue weighted by Crippen LogP contribution is -2.58. The van der Waals surface area contributed by atoms with E-state index in [1.807, 2.05) is 27.7 Å². The van der Waals surface area contributed by atoms with Crippen molar-refractivity contribution in [3.05, 3.63) is 0 Å². The highest BCUT2D eigenvalue weighted by Gasteiger charge is 2.30. The van der Waals surface area contributed by atoms with Crippen molar-refractivity contribution in [3.8, 4) is 0 Å². The van der Waals surface area contributed by atoms with Crippen LogP contribution in [-0.4, -0.2) is 70.6 Å². The summed E-state index contributed by atoms with van der Waals surface area (Å²) in [4.78, 5) is 59.5. The van der Waals surface area contributed by atoms with Crippen LogP contribution in [0.15, 0.2) is 0 Å².